The minimum absolute atomic E-state index is 0.0173. The van der Waals surface area contributed by atoms with Crippen LogP contribution in [0.25, 0.3) is 10.4 Å². The number of benzene rings is 4. The van der Waals surface area contributed by atoms with Crippen LogP contribution in [0.15, 0.2) is 96.5 Å². The molecule has 88 heavy (non-hydrogen) atoms. The van der Waals surface area contributed by atoms with E-state index in [1.807, 2.05) is 139 Å². The Labute approximate surface area is 525 Å². The van der Waals surface area contributed by atoms with Crippen LogP contribution in [-0.4, -0.2) is 157 Å². The number of hydrogen-bond acceptors (Lipinski definition) is 16. The molecule has 3 fully saturated rings. The zero-order chi connectivity index (χ0) is 63.2. The van der Waals surface area contributed by atoms with Gasteiger partial charge in [0.05, 0.1) is 64.4 Å². The summed E-state index contributed by atoms with van der Waals surface area (Å²) in [6, 6.07) is 27.3. The number of β-amino-alcohol motifs (C(OH)–C–C–N with tert-alkyl or cyclic N) is 1. The van der Waals surface area contributed by atoms with E-state index in [1.165, 1.54) is 4.90 Å². The van der Waals surface area contributed by atoms with Crippen molar-refractivity contribution in [3.05, 3.63) is 119 Å². The van der Waals surface area contributed by atoms with Crippen molar-refractivity contribution in [3.63, 3.8) is 0 Å². The van der Waals surface area contributed by atoms with E-state index in [0.717, 1.165) is 88.2 Å². The molecule has 3 amide bonds. The van der Waals surface area contributed by atoms with Gasteiger partial charge in [-0.1, -0.05) is 68.4 Å². The predicted molar refractivity (Wildman–Crippen MR) is 342 cm³/mol. The Balaban J connectivity index is 0.000000335. The van der Waals surface area contributed by atoms with Crippen molar-refractivity contribution in [1.82, 2.24) is 20.1 Å². The first-order valence-electron chi connectivity index (χ1n) is 31.2. The second-order valence-corrected chi connectivity index (χ2v) is 26.3. The van der Waals surface area contributed by atoms with Crippen molar-refractivity contribution >= 4 is 54.2 Å². The Morgan fingerprint density at radius 3 is 1.75 bits per heavy atom. The lowest BCUT2D eigenvalue weighted by Crippen LogP contribution is -2.55. The van der Waals surface area contributed by atoms with Gasteiger partial charge in [0.25, 0.3) is 5.91 Å². The molecule has 4 aliphatic rings. The summed E-state index contributed by atoms with van der Waals surface area (Å²) in [6.45, 7) is 27.0. The number of likely N-dealkylation sites (tertiary alicyclic amines) is 1. The molecule has 0 radical (unpaired) electrons. The molecule has 0 unspecified atom stereocenters. The summed E-state index contributed by atoms with van der Waals surface area (Å²) in [5, 5.41) is 22.4. The summed E-state index contributed by atoms with van der Waals surface area (Å²) in [7, 11) is -0.745. The molecule has 18 nitrogen and oxygen atoms in total. The van der Waals surface area contributed by atoms with E-state index >= 15 is 0 Å². The molecule has 1 aromatic heterocycles. The number of ether oxygens (including phenoxy) is 5. The van der Waals surface area contributed by atoms with E-state index in [-0.39, 0.29) is 79.3 Å². The standard InChI is InChI=1S/C48H61BN4O9S.C19H31BO5/c1-31(2)42(53-28-35-13-8-9-14-39(35)45(53)56)46(57)52-29-37(54)26-40(52)44(55)50-27-34-16-15-33(43-32(3)51-30-63-43)25-41(34)60-23-11-10-21-58-22-12-24-59-38-19-17-36(18-20-38)49-61-47(4,5)48(6,7)62-49;1-18(2)19(3,4)25-20(24-18)16-8-10-17(11-9-16)23-15-7-14-22-13-6-5-12-21/h8-9,13-20,25,30-31,37,40,42,54H,10-12,21-24,26-29H2,1-7H3,(H,50,55);8-11,21H,5-7,12-15H2,1-4H3/t37-,40+,42+;/m1./s1. The number of nitrogens with one attached hydrogen (secondary N) is 1. The van der Waals surface area contributed by atoms with Crippen molar-refractivity contribution in [1.29, 1.82) is 0 Å². The molecule has 3 atom stereocenters. The van der Waals surface area contributed by atoms with Crippen LogP contribution in [-0.2, 0) is 50.8 Å². The lowest BCUT2D eigenvalue weighted by molar-refractivity contribution is -0.143. The molecule has 0 aliphatic carbocycles. The molecule has 5 aromatic rings. The normalized spacial score (nSPS) is 19.2. The third-order valence-corrected chi connectivity index (χ3v) is 18.3. The van der Waals surface area contributed by atoms with Gasteiger partial charge in [-0.05, 0) is 152 Å². The number of fused-ring (bicyclic) bond motifs is 1. The highest BCUT2D eigenvalue weighted by Gasteiger charge is 2.53. The topological polar surface area (TPSA) is 206 Å². The highest BCUT2D eigenvalue weighted by Crippen LogP contribution is 2.39. The molecule has 5 heterocycles. The van der Waals surface area contributed by atoms with E-state index in [1.54, 1.807) is 22.3 Å². The number of carbonyl (C=O) groups is 3. The van der Waals surface area contributed by atoms with Crippen LogP contribution in [0.2, 0.25) is 0 Å². The van der Waals surface area contributed by atoms with Crippen molar-refractivity contribution in [2.24, 2.45) is 5.92 Å². The number of rotatable bonds is 29. The zero-order valence-corrected chi connectivity index (χ0v) is 54.3. The van der Waals surface area contributed by atoms with E-state index in [2.05, 4.69) is 38.0 Å². The molecule has 4 aliphatic heterocycles. The van der Waals surface area contributed by atoms with E-state index in [4.69, 9.17) is 47.4 Å². The number of nitrogens with zero attached hydrogens (tertiary/aromatic N) is 3. The fraction of sp³-hybridized carbons (Fsp3) is 0.552. The monoisotopic (exact) mass is 1230 g/mol. The van der Waals surface area contributed by atoms with E-state index < -0.39 is 25.3 Å². The lowest BCUT2D eigenvalue weighted by atomic mass is 9.79. The van der Waals surface area contributed by atoms with Crippen LogP contribution in [0.3, 0.4) is 0 Å². The summed E-state index contributed by atoms with van der Waals surface area (Å²) < 4.78 is 53.8. The van der Waals surface area contributed by atoms with Gasteiger partial charge < -0.3 is 67.6 Å². The maximum absolute atomic E-state index is 14.2. The number of aliphatic hydroxyl groups is 2. The number of thiazole rings is 1. The van der Waals surface area contributed by atoms with Gasteiger partial charge in [0.15, 0.2) is 0 Å². The molecular formula is C67H92B2N4O14S. The molecule has 476 valence electrons. The molecule has 4 aromatic carbocycles. The highest BCUT2D eigenvalue weighted by molar-refractivity contribution is 7.13. The molecule has 0 bridgehead atoms. The van der Waals surface area contributed by atoms with Gasteiger partial charge in [-0.15, -0.1) is 11.3 Å². The first kappa shape index (κ1) is 68.0. The van der Waals surface area contributed by atoms with Crippen molar-refractivity contribution in [2.45, 2.75) is 175 Å². The number of aliphatic hydroxyl groups excluding tert-OH is 2. The van der Waals surface area contributed by atoms with Crippen LogP contribution >= 0.6 is 11.3 Å². The minimum Gasteiger partial charge on any atom is -0.494 e. The number of amides is 3. The van der Waals surface area contributed by atoms with Gasteiger partial charge >= 0.3 is 14.2 Å². The van der Waals surface area contributed by atoms with E-state index in [0.29, 0.717) is 64.1 Å². The molecule has 21 heteroatoms. The molecular weight excluding hydrogens is 1140 g/mol. The van der Waals surface area contributed by atoms with Crippen LogP contribution in [0.4, 0.5) is 0 Å². The van der Waals surface area contributed by atoms with Crippen LogP contribution in [0.5, 0.6) is 17.2 Å². The van der Waals surface area contributed by atoms with Gasteiger partial charge in [0, 0.05) is 83.1 Å². The third-order valence-electron chi connectivity index (χ3n) is 17.3. The first-order chi connectivity index (χ1) is 42.0. The number of hydrogen-bond donors (Lipinski definition) is 3. The highest BCUT2D eigenvalue weighted by atomic mass is 32.1. The number of aryl methyl sites for hydroxylation is 1. The maximum atomic E-state index is 14.2. The fourth-order valence-corrected chi connectivity index (χ4v) is 11.5. The largest absolute Gasteiger partial charge is 0.494 e. The first-order valence-corrected chi connectivity index (χ1v) is 32.1. The van der Waals surface area contributed by atoms with Crippen molar-refractivity contribution in [2.75, 3.05) is 59.4 Å². The van der Waals surface area contributed by atoms with Gasteiger partial charge in [0.2, 0.25) is 11.8 Å². The molecule has 0 spiro atoms. The van der Waals surface area contributed by atoms with Crippen molar-refractivity contribution < 1.29 is 66.9 Å². The van der Waals surface area contributed by atoms with Gasteiger partial charge in [0.1, 0.15) is 29.3 Å². The molecule has 3 N–H and O–H groups in total. The van der Waals surface area contributed by atoms with Crippen molar-refractivity contribution in [3.8, 4) is 27.7 Å². The Morgan fingerprint density at radius 1 is 0.705 bits per heavy atom. The summed E-state index contributed by atoms with van der Waals surface area (Å²) in [5.41, 5.74) is 6.48. The Kier molecular flexibility index (Phi) is 23.8. The number of aromatic nitrogens is 1. The summed E-state index contributed by atoms with van der Waals surface area (Å²) in [6.07, 6.45) is 4.12. The molecule has 9 rings (SSSR count). The fourth-order valence-electron chi connectivity index (χ4n) is 10.7. The van der Waals surface area contributed by atoms with Crippen LogP contribution in [0, 0.1) is 12.8 Å². The summed E-state index contributed by atoms with van der Waals surface area (Å²) in [4.78, 5) is 50.0. The SMILES string of the molecule is CC1(C)OB(c2ccc(OCCCOCCCCO)cc2)OC1(C)C.Cc1ncsc1-c1ccc(CNC(=O)[C@@H]2C[C@@H](O)CN2C(=O)[C@H](C(C)C)N2Cc3ccccc3C2=O)c(OCCCCOCCCOc2ccc(B3OC(C)(C)C(C)(C)O3)cc2)c1. The van der Waals surface area contributed by atoms with Gasteiger partial charge in [-0.25, -0.2) is 4.98 Å². The predicted octanol–water partition coefficient (Wildman–Crippen LogP) is 8.86. The molecule has 3 saturated heterocycles. The summed E-state index contributed by atoms with van der Waals surface area (Å²) in [5.74, 6) is 1.15. The van der Waals surface area contributed by atoms with Gasteiger partial charge in [-0.2, -0.15) is 0 Å². The maximum Gasteiger partial charge on any atom is 0.494 e. The zero-order valence-electron chi connectivity index (χ0n) is 53.5. The Hall–Kier alpha value is -5.87. The van der Waals surface area contributed by atoms with E-state index in [9.17, 15) is 19.5 Å². The average Bonchev–Trinajstić information content (AvgIpc) is 2.49. The quantitative estimate of drug-likeness (QED) is 0.0302. The Bertz CT molecular complexity index is 3040. The number of carbonyl (C=O) groups excluding carboxylic acids is 3. The summed E-state index contributed by atoms with van der Waals surface area (Å²) >= 11 is 1.56. The molecule has 0 saturated carbocycles. The second-order valence-electron chi connectivity index (χ2n) is 25.4. The van der Waals surface area contributed by atoms with Crippen LogP contribution < -0.4 is 30.5 Å². The second kappa shape index (κ2) is 30.8. The lowest BCUT2D eigenvalue weighted by Gasteiger charge is -2.35. The van der Waals surface area contributed by atoms with Gasteiger partial charge in [-0.3, -0.25) is 14.4 Å². The Morgan fingerprint density at radius 2 is 1.23 bits per heavy atom. The average molecular weight is 1230 g/mol. The van der Waals surface area contributed by atoms with Crippen LogP contribution in [0.1, 0.15) is 141 Å². The third kappa shape index (κ3) is 17.3. The number of unbranched alkanes of at least 4 members (excludes halogenated alkanes) is 2. The smallest absolute Gasteiger partial charge is 0.494 e. The minimum atomic E-state index is -0.885.